The van der Waals surface area contributed by atoms with Crippen molar-refractivity contribution >= 4 is 23.2 Å². The SMILES string of the molecule is CCC1C(=O)N(C)c2cnc(-n3ccnc3-c3ccc(F)cc3)nc2N1c1ccn(C)n1. The number of carbonyl (C=O) groups is 1. The minimum Gasteiger partial charge on any atom is -0.309 e. The van der Waals surface area contributed by atoms with Crippen LogP contribution in [0.5, 0.6) is 0 Å². The fourth-order valence-corrected chi connectivity index (χ4v) is 3.92. The van der Waals surface area contributed by atoms with E-state index in [0.717, 1.165) is 5.56 Å². The van der Waals surface area contributed by atoms with Gasteiger partial charge in [-0.15, -0.1) is 0 Å². The molecule has 1 aliphatic rings. The summed E-state index contributed by atoms with van der Waals surface area (Å²) in [6.45, 7) is 1.96. The van der Waals surface area contributed by atoms with Crippen molar-refractivity contribution in [2.45, 2.75) is 19.4 Å². The molecule has 1 amide bonds. The van der Waals surface area contributed by atoms with Crippen molar-refractivity contribution in [2.24, 2.45) is 7.05 Å². The van der Waals surface area contributed by atoms with Crippen LogP contribution in [0.4, 0.5) is 21.7 Å². The second kappa shape index (κ2) is 7.56. The van der Waals surface area contributed by atoms with Gasteiger partial charge in [-0.05, 0) is 30.7 Å². The van der Waals surface area contributed by atoms with E-state index in [4.69, 9.17) is 4.98 Å². The first-order chi connectivity index (χ1) is 15.5. The molecule has 1 unspecified atom stereocenters. The van der Waals surface area contributed by atoms with Gasteiger partial charge in [0.25, 0.3) is 0 Å². The van der Waals surface area contributed by atoms with Crippen molar-refractivity contribution in [1.29, 1.82) is 0 Å². The van der Waals surface area contributed by atoms with Gasteiger partial charge in [0, 0.05) is 44.3 Å². The van der Waals surface area contributed by atoms with Gasteiger partial charge in [-0.1, -0.05) is 6.92 Å². The van der Waals surface area contributed by atoms with Crippen LogP contribution in [0.1, 0.15) is 13.3 Å². The Hall–Kier alpha value is -4.08. The number of nitrogens with zero attached hydrogens (tertiary/aromatic N) is 8. The van der Waals surface area contributed by atoms with E-state index in [-0.39, 0.29) is 11.7 Å². The van der Waals surface area contributed by atoms with Gasteiger partial charge in [0.1, 0.15) is 23.4 Å². The van der Waals surface area contributed by atoms with Crippen LogP contribution in [0.25, 0.3) is 17.3 Å². The summed E-state index contributed by atoms with van der Waals surface area (Å²) in [5.74, 6) is 1.83. The molecular weight excluding hydrogens is 411 g/mol. The highest BCUT2D eigenvalue weighted by molar-refractivity contribution is 6.05. The van der Waals surface area contributed by atoms with Gasteiger partial charge in [-0.3, -0.25) is 18.9 Å². The highest BCUT2D eigenvalue weighted by atomic mass is 19.1. The molecule has 0 bridgehead atoms. The Morgan fingerprint density at radius 3 is 2.53 bits per heavy atom. The van der Waals surface area contributed by atoms with E-state index in [2.05, 4.69) is 15.1 Å². The Bertz CT molecular complexity index is 1300. The van der Waals surface area contributed by atoms with E-state index in [9.17, 15) is 9.18 Å². The van der Waals surface area contributed by atoms with Gasteiger partial charge >= 0.3 is 0 Å². The third-order valence-corrected chi connectivity index (χ3v) is 5.55. The first-order valence-electron chi connectivity index (χ1n) is 10.2. The van der Waals surface area contributed by atoms with E-state index < -0.39 is 6.04 Å². The van der Waals surface area contributed by atoms with Crippen LogP contribution >= 0.6 is 0 Å². The molecule has 162 valence electrons. The number of likely N-dealkylation sites (N-methyl/N-ethyl adjacent to an activating group) is 1. The summed E-state index contributed by atoms with van der Waals surface area (Å²) in [4.78, 5) is 30.2. The minimum atomic E-state index is -0.440. The van der Waals surface area contributed by atoms with Crippen LogP contribution < -0.4 is 9.80 Å². The molecule has 0 radical (unpaired) electrons. The van der Waals surface area contributed by atoms with Crippen molar-refractivity contribution in [3.63, 3.8) is 0 Å². The molecule has 0 fully saturated rings. The molecule has 32 heavy (non-hydrogen) atoms. The number of halogens is 1. The number of imidazole rings is 1. The summed E-state index contributed by atoms with van der Waals surface area (Å²) in [5.41, 5.74) is 1.33. The van der Waals surface area contributed by atoms with Crippen LogP contribution in [0.2, 0.25) is 0 Å². The summed E-state index contributed by atoms with van der Waals surface area (Å²) in [6.07, 6.45) is 7.44. The van der Waals surface area contributed by atoms with Crippen LogP contribution in [-0.4, -0.2) is 48.3 Å². The maximum Gasteiger partial charge on any atom is 0.250 e. The Kier molecular flexibility index (Phi) is 4.69. The van der Waals surface area contributed by atoms with Gasteiger partial charge < -0.3 is 4.90 Å². The molecule has 0 spiro atoms. The van der Waals surface area contributed by atoms with Crippen molar-refractivity contribution in [3.8, 4) is 17.3 Å². The third kappa shape index (κ3) is 3.11. The molecule has 0 saturated heterocycles. The zero-order valence-electron chi connectivity index (χ0n) is 17.8. The summed E-state index contributed by atoms with van der Waals surface area (Å²) in [6, 6.07) is 7.51. The molecule has 0 saturated carbocycles. The van der Waals surface area contributed by atoms with E-state index >= 15 is 0 Å². The highest BCUT2D eigenvalue weighted by Crippen LogP contribution is 2.39. The maximum atomic E-state index is 13.4. The number of benzene rings is 1. The zero-order valence-corrected chi connectivity index (χ0v) is 17.8. The second-order valence-electron chi connectivity index (χ2n) is 7.55. The van der Waals surface area contributed by atoms with Gasteiger partial charge in [0.05, 0.1) is 6.20 Å². The smallest absolute Gasteiger partial charge is 0.250 e. The molecule has 3 aromatic heterocycles. The normalized spacial score (nSPS) is 15.9. The molecule has 5 rings (SSSR count). The number of hydrogen-bond acceptors (Lipinski definition) is 6. The van der Waals surface area contributed by atoms with Gasteiger partial charge in [0.15, 0.2) is 11.6 Å². The van der Waals surface area contributed by atoms with E-state index in [1.807, 2.05) is 31.1 Å². The quantitative estimate of drug-likeness (QED) is 0.493. The second-order valence-corrected chi connectivity index (χ2v) is 7.55. The predicted octanol–water partition coefficient (Wildman–Crippen LogP) is 3.10. The zero-order chi connectivity index (χ0) is 22.4. The van der Waals surface area contributed by atoms with Crippen molar-refractivity contribution in [3.05, 3.63) is 60.9 Å². The van der Waals surface area contributed by atoms with Crippen LogP contribution in [0, 0.1) is 5.82 Å². The topological polar surface area (TPSA) is 85.0 Å². The van der Waals surface area contributed by atoms with Gasteiger partial charge in [-0.2, -0.15) is 10.1 Å². The summed E-state index contributed by atoms with van der Waals surface area (Å²) in [7, 11) is 3.55. The lowest BCUT2D eigenvalue weighted by Crippen LogP contribution is -2.50. The Labute approximate surface area is 183 Å². The molecule has 0 aliphatic carbocycles. The molecule has 9 nitrogen and oxygen atoms in total. The molecule has 4 heterocycles. The molecule has 1 atom stereocenters. The van der Waals surface area contributed by atoms with Gasteiger partial charge in [0.2, 0.25) is 11.9 Å². The molecule has 1 aromatic carbocycles. The number of rotatable bonds is 4. The lowest BCUT2D eigenvalue weighted by Gasteiger charge is -2.39. The van der Waals surface area contributed by atoms with Crippen LogP contribution in [0.3, 0.4) is 0 Å². The molecule has 4 aromatic rings. The molecule has 0 N–H and O–H groups in total. The number of fused-ring (bicyclic) bond motifs is 1. The lowest BCUT2D eigenvalue weighted by molar-refractivity contribution is -0.119. The fourth-order valence-electron chi connectivity index (χ4n) is 3.92. The Morgan fingerprint density at radius 1 is 1.06 bits per heavy atom. The predicted molar refractivity (Wildman–Crippen MR) is 117 cm³/mol. The third-order valence-electron chi connectivity index (χ3n) is 5.55. The number of aryl methyl sites for hydroxylation is 1. The maximum absolute atomic E-state index is 13.4. The van der Waals surface area contributed by atoms with Gasteiger partial charge in [-0.25, -0.2) is 14.4 Å². The number of carbonyl (C=O) groups excluding carboxylic acids is 1. The monoisotopic (exact) mass is 432 g/mol. The van der Waals surface area contributed by atoms with Crippen LogP contribution in [-0.2, 0) is 11.8 Å². The molecule has 1 aliphatic heterocycles. The fraction of sp³-hybridized carbons (Fsp3) is 0.227. The molecule has 10 heteroatoms. The van der Waals surface area contributed by atoms with Crippen molar-refractivity contribution < 1.29 is 9.18 Å². The Morgan fingerprint density at radius 2 is 1.84 bits per heavy atom. The average Bonchev–Trinajstić information content (AvgIpc) is 3.45. The first-order valence-corrected chi connectivity index (χ1v) is 10.2. The Balaban J connectivity index is 1.66. The standard InChI is InChI=1S/C22H21FN8O/c1-4-16-21(32)29(3)17-13-25-22(26-20(17)31(16)18-9-11-28(2)27-18)30-12-10-24-19(30)14-5-7-15(23)8-6-14/h5-13,16H,4H2,1-3H3. The van der Waals surface area contributed by atoms with Crippen molar-refractivity contribution in [1.82, 2.24) is 29.3 Å². The van der Waals surface area contributed by atoms with E-state index in [1.165, 1.54) is 12.1 Å². The van der Waals surface area contributed by atoms with Crippen molar-refractivity contribution in [2.75, 3.05) is 16.8 Å². The minimum absolute atomic E-state index is 0.0448. The molecular formula is C22H21FN8O. The average molecular weight is 432 g/mol. The largest absolute Gasteiger partial charge is 0.309 e. The summed E-state index contributed by atoms with van der Waals surface area (Å²) >= 11 is 0. The van der Waals surface area contributed by atoms with E-state index in [1.54, 1.807) is 51.9 Å². The number of aromatic nitrogens is 6. The number of amides is 1. The van der Waals surface area contributed by atoms with E-state index in [0.29, 0.717) is 35.5 Å². The first kappa shape index (κ1) is 19.9. The number of hydrogen-bond donors (Lipinski definition) is 0. The number of anilines is 3. The van der Waals surface area contributed by atoms with Crippen LogP contribution in [0.15, 0.2) is 55.1 Å². The lowest BCUT2D eigenvalue weighted by atomic mass is 10.1. The highest BCUT2D eigenvalue weighted by Gasteiger charge is 2.39. The summed E-state index contributed by atoms with van der Waals surface area (Å²) < 4.78 is 16.8. The summed E-state index contributed by atoms with van der Waals surface area (Å²) in [5, 5.41) is 4.51.